The fourth-order valence-electron chi connectivity index (χ4n) is 0. The van der Waals surface area contributed by atoms with Crippen LogP contribution in [0.25, 0.3) is 0 Å². The van der Waals surface area contributed by atoms with Crippen molar-refractivity contribution in [1.82, 2.24) is 0 Å². The largest absolute Gasteiger partial charge is 0.832 e. The van der Waals surface area contributed by atoms with Crippen molar-refractivity contribution in [2.75, 3.05) is 6.16 Å². The molecular weight excluding hydrogens is 71.0 g/mol. The van der Waals surface area contributed by atoms with Gasteiger partial charge in [0, 0.05) is 0 Å². The monoisotopic (exact) mass is 77.0 g/mol. The van der Waals surface area contributed by atoms with Crippen LogP contribution in [-0.2, 0) is 0 Å². The third-order valence-electron chi connectivity index (χ3n) is 0.144. The van der Waals surface area contributed by atoms with Gasteiger partial charge in [-0.15, -0.1) is 0 Å². The van der Waals surface area contributed by atoms with E-state index in [-0.39, 0.29) is 8.81 Å². The van der Waals surface area contributed by atoms with Crippen molar-refractivity contribution < 1.29 is 4.89 Å². The Balaban J connectivity index is 1.97. The predicted octanol–water partition coefficient (Wildman–Crippen LogP) is -0.0399. The lowest BCUT2D eigenvalue weighted by Crippen LogP contribution is -1.78. The molecular formula is C2H6OP-. The van der Waals surface area contributed by atoms with Crippen molar-refractivity contribution in [1.29, 1.82) is 0 Å². The van der Waals surface area contributed by atoms with Gasteiger partial charge in [0.05, 0.1) is 0 Å². The summed E-state index contributed by atoms with van der Waals surface area (Å²) in [5.74, 6) is 0. The molecule has 0 saturated carbocycles. The summed E-state index contributed by atoms with van der Waals surface area (Å²) in [6.07, 6.45) is 0.792. The SMILES string of the molecule is CCP[O-]. The van der Waals surface area contributed by atoms with E-state index in [2.05, 4.69) is 0 Å². The smallest absolute Gasteiger partial charge is 0.0528 e. The third kappa shape index (κ3) is 2.39. The zero-order valence-corrected chi connectivity index (χ0v) is 3.62. The normalized spacial score (nSPS) is 10.5. The number of hydrogen-bond acceptors (Lipinski definition) is 1. The van der Waals surface area contributed by atoms with Gasteiger partial charge in [0.25, 0.3) is 0 Å². The minimum atomic E-state index is -0.110. The summed E-state index contributed by atoms with van der Waals surface area (Å²) >= 11 is 0. The molecule has 0 rings (SSSR count). The highest BCUT2D eigenvalue weighted by molar-refractivity contribution is 7.29. The standard InChI is InChI=1S/C2H6OP/c1-2-4-3/h4H,2H2,1H3/q-1. The van der Waals surface area contributed by atoms with Gasteiger partial charge in [0.1, 0.15) is 0 Å². The Labute approximate surface area is 27.9 Å². The first kappa shape index (κ1) is 4.39. The van der Waals surface area contributed by atoms with Gasteiger partial charge in [0.2, 0.25) is 0 Å². The fraction of sp³-hybridized carbons (Fsp3) is 1.00. The van der Waals surface area contributed by atoms with Gasteiger partial charge in [-0.05, 0) is 0 Å². The van der Waals surface area contributed by atoms with E-state index >= 15 is 0 Å². The first-order chi connectivity index (χ1) is 1.91. The van der Waals surface area contributed by atoms with Crippen LogP contribution in [0.3, 0.4) is 0 Å². The van der Waals surface area contributed by atoms with Crippen molar-refractivity contribution in [2.24, 2.45) is 0 Å². The van der Waals surface area contributed by atoms with Crippen LogP contribution in [0.4, 0.5) is 0 Å². The molecule has 0 saturated heterocycles. The van der Waals surface area contributed by atoms with Crippen LogP contribution >= 0.6 is 8.81 Å². The lowest BCUT2D eigenvalue weighted by molar-refractivity contribution is -0.150. The molecule has 0 spiro atoms. The Kier molecular flexibility index (Phi) is 3.72. The minimum absolute atomic E-state index is 0.110. The van der Waals surface area contributed by atoms with Crippen LogP contribution in [-0.4, -0.2) is 6.16 Å². The van der Waals surface area contributed by atoms with Gasteiger partial charge in [-0.1, -0.05) is 13.1 Å². The Hall–Kier alpha value is 0.390. The number of hydrogen-bond donors (Lipinski definition) is 0. The lowest BCUT2D eigenvalue weighted by atomic mass is 11.0. The summed E-state index contributed by atoms with van der Waals surface area (Å²) in [4.78, 5) is 9.33. The van der Waals surface area contributed by atoms with E-state index in [4.69, 9.17) is 0 Å². The van der Waals surface area contributed by atoms with E-state index in [1.807, 2.05) is 6.92 Å². The zero-order valence-electron chi connectivity index (χ0n) is 2.62. The Morgan fingerprint density at radius 2 is 2.25 bits per heavy atom. The molecule has 0 aromatic rings. The van der Waals surface area contributed by atoms with Gasteiger partial charge >= 0.3 is 0 Å². The molecule has 0 fully saturated rings. The van der Waals surface area contributed by atoms with Gasteiger partial charge in [-0.2, -0.15) is 0 Å². The highest BCUT2D eigenvalue weighted by atomic mass is 31.1. The van der Waals surface area contributed by atoms with E-state index in [0.717, 1.165) is 6.16 Å². The molecule has 26 valence electrons. The molecule has 0 aliphatic carbocycles. The summed E-state index contributed by atoms with van der Waals surface area (Å²) in [6.45, 7) is 1.88. The summed E-state index contributed by atoms with van der Waals surface area (Å²) < 4.78 is 0. The van der Waals surface area contributed by atoms with Crippen LogP contribution < -0.4 is 4.89 Å². The maximum absolute atomic E-state index is 9.33. The van der Waals surface area contributed by atoms with E-state index in [0.29, 0.717) is 0 Å². The van der Waals surface area contributed by atoms with Crippen LogP contribution in [0.15, 0.2) is 0 Å². The Bertz CT molecular complexity index is 8.00. The summed E-state index contributed by atoms with van der Waals surface area (Å²) in [7, 11) is -0.110. The topological polar surface area (TPSA) is 23.1 Å². The molecule has 0 aromatic heterocycles. The van der Waals surface area contributed by atoms with Gasteiger partial charge in [0.15, 0.2) is 0 Å². The molecule has 0 aromatic carbocycles. The average molecular weight is 77.0 g/mol. The lowest BCUT2D eigenvalue weighted by Gasteiger charge is -1.91. The van der Waals surface area contributed by atoms with Crippen molar-refractivity contribution in [3.8, 4) is 0 Å². The first-order valence-corrected chi connectivity index (χ1v) is 2.38. The maximum atomic E-state index is 9.33. The molecule has 0 bridgehead atoms. The molecule has 0 N–H and O–H groups in total. The second-order valence-electron chi connectivity index (χ2n) is 0.498. The molecule has 1 nitrogen and oxygen atoms in total. The average Bonchev–Trinajstić information content (AvgIpc) is 1.37. The van der Waals surface area contributed by atoms with Crippen LogP contribution in [0.2, 0.25) is 0 Å². The summed E-state index contributed by atoms with van der Waals surface area (Å²) in [6, 6.07) is 0. The minimum Gasteiger partial charge on any atom is -0.832 e. The molecule has 2 heteroatoms. The molecule has 4 heavy (non-hydrogen) atoms. The summed E-state index contributed by atoms with van der Waals surface area (Å²) in [5.41, 5.74) is 0. The van der Waals surface area contributed by atoms with Crippen molar-refractivity contribution in [3.05, 3.63) is 0 Å². The van der Waals surface area contributed by atoms with Gasteiger partial charge in [-0.3, -0.25) is 0 Å². The highest BCUT2D eigenvalue weighted by Crippen LogP contribution is 1.86. The second kappa shape index (κ2) is 3.39. The van der Waals surface area contributed by atoms with Crippen LogP contribution in [0.5, 0.6) is 0 Å². The molecule has 0 heterocycles. The van der Waals surface area contributed by atoms with Crippen molar-refractivity contribution >= 4 is 8.81 Å². The third-order valence-corrected chi connectivity index (χ3v) is 0.433. The zero-order chi connectivity index (χ0) is 3.41. The molecule has 0 radical (unpaired) electrons. The highest BCUT2D eigenvalue weighted by Gasteiger charge is 1.44. The number of rotatable bonds is 1. The molecule has 0 aliphatic rings. The van der Waals surface area contributed by atoms with E-state index in [1.165, 1.54) is 0 Å². The van der Waals surface area contributed by atoms with Crippen molar-refractivity contribution in [2.45, 2.75) is 6.92 Å². The fourth-order valence-corrected chi connectivity index (χ4v) is 0. The van der Waals surface area contributed by atoms with E-state index in [9.17, 15) is 4.89 Å². The molecule has 1 atom stereocenters. The van der Waals surface area contributed by atoms with Crippen molar-refractivity contribution in [3.63, 3.8) is 0 Å². The van der Waals surface area contributed by atoms with Gasteiger partial charge in [-0.25, -0.2) is 8.81 Å². The quantitative estimate of drug-likeness (QED) is 0.403. The van der Waals surface area contributed by atoms with E-state index in [1.54, 1.807) is 0 Å². The summed E-state index contributed by atoms with van der Waals surface area (Å²) in [5, 5.41) is 0. The van der Waals surface area contributed by atoms with E-state index < -0.39 is 0 Å². The van der Waals surface area contributed by atoms with Gasteiger partial charge < -0.3 is 4.89 Å². The van der Waals surface area contributed by atoms with Crippen LogP contribution in [0.1, 0.15) is 6.92 Å². The Morgan fingerprint density at radius 3 is 2.25 bits per heavy atom. The van der Waals surface area contributed by atoms with Crippen LogP contribution in [0, 0.1) is 0 Å². The predicted molar refractivity (Wildman–Crippen MR) is 18.9 cm³/mol. The molecule has 1 unspecified atom stereocenters. The second-order valence-corrected chi connectivity index (χ2v) is 1.49. The first-order valence-electron chi connectivity index (χ1n) is 1.26. The maximum Gasteiger partial charge on any atom is -0.0528 e. The molecule has 0 aliphatic heterocycles. The Morgan fingerprint density at radius 1 is 2.00 bits per heavy atom. The molecule has 0 amide bonds.